The molecule has 0 atom stereocenters. The summed E-state index contributed by atoms with van der Waals surface area (Å²) in [5.74, 6) is 0.420. The third-order valence-corrected chi connectivity index (χ3v) is 4.84. The number of nitrogens with zero attached hydrogens (tertiary/aromatic N) is 3. The number of halogens is 1. The lowest BCUT2D eigenvalue weighted by Crippen LogP contribution is -2.16. The molecule has 2 aromatic carbocycles. The van der Waals surface area contributed by atoms with Gasteiger partial charge >= 0.3 is 0 Å². The van der Waals surface area contributed by atoms with Crippen molar-refractivity contribution in [3.63, 3.8) is 0 Å². The van der Waals surface area contributed by atoms with Crippen LogP contribution in [0.1, 0.15) is 21.6 Å². The van der Waals surface area contributed by atoms with Crippen molar-refractivity contribution in [2.75, 3.05) is 5.32 Å². The van der Waals surface area contributed by atoms with Gasteiger partial charge in [0.25, 0.3) is 5.91 Å². The fraction of sp³-hybridized carbons (Fsp3) is 0.0909. The van der Waals surface area contributed by atoms with E-state index in [2.05, 4.69) is 10.4 Å². The second-order valence-corrected chi connectivity index (χ2v) is 6.96. The maximum absolute atomic E-state index is 13.2. The molecule has 0 saturated carbocycles. The third-order valence-electron chi connectivity index (χ3n) is 4.51. The van der Waals surface area contributed by atoms with Gasteiger partial charge in [0.05, 0.1) is 22.1 Å². The lowest BCUT2D eigenvalue weighted by molar-refractivity contribution is 0.102. The molecule has 6 heteroatoms. The molecular weight excluding hydrogens is 372 g/mol. The van der Waals surface area contributed by atoms with E-state index in [1.54, 1.807) is 16.8 Å². The van der Waals surface area contributed by atoms with Crippen molar-refractivity contribution >= 4 is 23.2 Å². The minimum absolute atomic E-state index is 0.257. The number of aromatic nitrogens is 3. The number of carbonyl (C=O) groups is 1. The highest BCUT2D eigenvalue weighted by Crippen LogP contribution is 2.26. The second-order valence-electron chi connectivity index (χ2n) is 6.56. The number of aryl methyl sites for hydroxylation is 2. The largest absolute Gasteiger partial charge is 0.320 e. The summed E-state index contributed by atoms with van der Waals surface area (Å²) < 4.78 is 3.68. The molecule has 0 aliphatic rings. The van der Waals surface area contributed by atoms with Crippen molar-refractivity contribution in [3.8, 4) is 11.5 Å². The minimum atomic E-state index is -0.257. The van der Waals surface area contributed by atoms with Crippen LogP contribution < -0.4 is 5.32 Å². The predicted molar refractivity (Wildman–Crippen MR) is 112 cm³/mol. The zero-order valence-corrected chi connectivity index (χ0v) is 16.3. The van der Waals surface area contributed by atoms with Crippen molar-refractivity contribution in [1.29, 1.82) is 0 Å². The van der Waals surface area contributed by atoms with Crippen LogP contribution in [-0.2, 0) is 0 Å². The van der Waals surface area contributed by atoms with Gasteiger partial charge in [0.1, 0.15) is 5.56 Å². The summed E-state index contributed by atoms with van der Waals surface area (Å²) in [6.45, 7) is 3.87. The van der Waals surface area contributed by atoms with Gasteiger partial charge in [0.2, 0.25) is 0 Å². The van der Waals surface area contributed by atoms with Crippen LogP contribution in [0.25, 0.3) is 11.5 Å². The summed E-state index contributed by atoms with van der Waals surface area (Å²) >= 11 is 6.21. The van der Waals surface area contributed by atoms with E-state index in [1.165, 1.54) is 0 Å². The third kappa shape index (κ3) is 3.32. The van der Waals surface area contributed by atoms with E-state index >= 15 is 0 Å². The molecule has 1 amide bonds. The number of hydrogen-bond acceptors (Lipinski definition) is 2. The summed E-state index contributed by atoms with van der Waals surface area (Å²) in [4.78, 5) is 13.2. The molecule has 0 spiro atoms. The quantitative estimate of drug-likeness (QED) is 0.521. The molecule has 2 heterocycles. The Morgan fingerprint density at radius 1 is 0.964 bits per heavy atom. The molecule has 2 aromatic heterocycles. The average molecular weight is 391 g/mol. The van der Waals surface area contributed by atoms with E-state index in [9.17, 15) is 4.79 Å². The SMILES string of the molecule is Cc1ccc(-n2nc(C)c(C(=O)Nc3ccccc3Cl)c2-n2cccc2)cc1. The first-order valence-electron chi connectivity index (χ1n) is 8.90. The van der Waals surface area contributed by atoms with Gasteiger partial charge in [0, 0.05) is 12.4 Å². The van der Waals surface area contributed by atoms with Crippen molar-refractivity contribution in [3.05, 3.63) is 94.9 Å². The number of nitrogens with one attached hydrogen (secondary N) is 1. The molecule has 140 valence electrons. The van der Waals surface area contributed by atoms with Gasteiger partial charge in [-0.05, 0) is 50.2 Å². The topological polar surface area (TPSA) is 51.9 Å². The summed E-state index contributed by atoms with van der Waals surface area (Å²) in [5, 5.41) is 8.05. The summed E-state index contributed by atoms with van der Waals surface area (Å²) in [7, 11) is 0. The van der Waals surface area contributed by atoms with Gasteiger partial charge < -0.3 is 9.88 Å². The van der Waals surface area contributed by atoms with Crippen molar-refractivity contribution in [2.24, 2.45) is 0 Å². The van der Waals surface area contributed by atoms with Gasteiger partial charge in [-0.1, -0.05) is 41.4 Å². The van der Waals surface area contributed by atoms with Crippen LogP contribution in [0.2, 0.25) is 5.02 Å². The van der Waals surface area contributed by atoms with Crippen molar-refractivity contribution < 1.29 is 4.79 Å². The van der Waals surface area contributed by atoms with Gasteiger partial charge in [-0.2, -0.15) is 5.10 Å². The summed E-state index contributed by atoms with van der Waals surface area (Å²) in [5.41, 5.74) is 3.74. The van der Waals surface area contributed by atoms with Gasteiger partial charge in [0.15, 0.2) is 5.82 Å². The highest BCUT2D eigenvalue weighted by atomic mass is 35.5. The predicted octanol–water partition coefficient (Wildman–Crippen LogP) is 5.19. The van der Waals surface area contributed by atoms with E-state index in [0.717, 1.165) is 11.3 Å². The lowest BCUT2D eigenvalue weighted by atomic mass is 10.2. The van der Waals surface area contributed by atoms with Gasteiger partial charge in [-0.15, -0.1) is 0 Å². The molecule has 0 unspecified atom stereocenters. The van der Waals surface area contributed by atoms with Crippen LogP contribution >= 0.6 is 11.6 Å². The highest BCUT2D eigenvalue weighted by Gasteiger charge is 2.24. The molecule has 4 rings (SSSR count). The normalized spacial score (nSPS) is 10.8. The number of rotatable bonds is 4. The average Bonchev–Trinajstić information content (AvgIpc) is 3.31. The van der Waals surface area contributed by atoms with Crippen LogP contribution in [0.15, 0.2) is 73.1 Å². The maximum atomic E-state index is 13.2. The Morgan fingerprint density at radius 2 is 1.64 bits per heavy atom. The number of anilines is 1. The fourth-order valence-electron chi connectivity index (χ4n) is 3.11. The Morgan fingerprint density at radius 3 is 2.32 bits per heavy atom. The van der Waals surface area contributed by atoms with Crippen LogP contribution in [0.4, 0.5) is 5.69 Å². The monoisotopic (exact) mass is 390 g/mol. The molecule has 4 aromatic rings. The zero-order chi connectivity index (χ0) is 19.7. The Balaban J connectivity index is 1.84. The molecule has 0 saturated heterocycles. The molecule has 0 fully saturated rings. The van der Waals surface area contributed by atoms with E-state index in [4.69, 9.17) is 11.6 Å². The molecule has 5 nitrogen and oxygen atoms in total. The maximum Gasteiger partial charge on any atom is 0.261 e. The fourth-order valence-corrected chi connectivity index (χ4v) is 3.29. The number of carbonyl (C=O) groups excluding carboxylic acids is 1. The number of para-hydroxylation sites is 1. The lowest BCUT2D eigenvalue weighted by Gasteiger charge is -2.12. The number of amides is 1. The summed E-state index contributed by atoms with van der Waals surface area (Å²) in [6, 6.07) is 19.0. The number of benzene rings is 2. The molecule has 1 N–H and O–H groups in total. The smallest absolute Gasteiger partial charge is 0.261 e. The summed E-state index contributed by atoms with van der Waals surface area (Å²) in [6.07, 6.45) is 3.79. The Hall–Kier alpha value is -3.31. The molecular formula is C22H19ClN4O. The molecule has 28 heavy (non-hydrogen) atoms. The van der Waals surface area contributed by atoms with E-state index < -0.39 is 0 Å². The van der Waals surface area contributed by atoms with Crippen LogP contribution in [0.5, 0.6) is 0 Å². The van der Waals surface area contributed by atoms with Gasteiger partial charge in [-0.3, -0.25) is 4.79 Å². The zero-order valence-electron chi connectivity index (χ0n) is 15.6. The molecule has 0 aliphatic heterocycles. The second kappa shape index (κ2) is 7.37. The first-order valence-corrected chi connectivity index (χ1v) is 9.28. The molecule has 0 aliphatic carbocycles. The Bertz CT molecular complexity index is 1130. The van der Waals surface area contributed by atoms with E-state index in [0.29, 0.717) is 27.8 Å². The minimum Gasteiger partial charge on any atom is -0.320 e. The Kier molecular flexibility index (Phi) is 4.75. The standard InChI is InChI=1S/C22H19ClN4O/c1-15-9-11-17(12-10-15)27-22(26-13-5-6-14-26)20(16(2)25-27)21(28)24-19-8-4-3-7-18(19)23/h3-14H,1-2H3,(H,24,28). The highest BCUT2D eigenvalue weighted by molar-refractivity contribution is 6.34. The van der Waals surface area contributed by atoms with Crippen LogP contribution in [0, 0.1) is 13.8 Å². The number of hydrogen-bond donors (Lipinski definition) is 1. The van der Waals surface area contributed by atoms with E-state index in [1.807, 2.05) is 79.3 Å². The van der Waals surface area contributed by atoms with Crippen molar-refractivity contribution in [1.82, 2.24) is 14.3 Å². The van der Waals surface area contributed by atoms with Crippen LogP contribution in [0.3, 0.4) is 0 Å². The Labute approximate surface area is 168 Å². The van der Waals surface area contributed by atoms with E-state index in [-0.39, 0.29) is 5.91 Å². The van der Waals surface area contributed by atoms with Crippen LogP contribution in [-0.4, -0.2) is 20.3 Å². The van der Waals surface area contributed by atoms with Crippen molar-refractivity contribution in [2.45, 2.75) is 13.8 Å². The molecule has 0 bridgehead atoms. The first-order chi connectivity index (χ1) is 13.5. The van der Waals surface area contributed by atoms with Gasteiger partial charge in [-0.25, -0.2) is 4.68 Å². The first kappa shape index (κ1) is 18.1. The molecule has 0 radical (unpaired) electrons.